The first-order valence-electron chi connectivity index (χ1n) is 13.4. The van der Waals surface area contributed by atoms with Crippen LogP contribution in [0.5, 0.6) is 5.75 Å². The Balaban J connectivity index is 0.00000400. The number of halogens is 1. The first-order chi connectivity index (χ1) is 17.8. The molecule has 7 nitrogen and oxygen atoms in total. The van der Waals surface area contributed by atoms with E-state index < -0.39 is 11.4 Å². The Labute approximate surface area is 232 Å². The molecule has 1 saturated heterocycles. The van der Waals surface area contributed by atoms with E-state index in [1.807, 2.05) is 53.4 Å². The predicted octanol–water partition coefficient (Wildman–Crippen LogP) is 5.58. The smallest absolute Gasteiger partial charge is 0.321 e. The van der Waals surface area contributed by atoms with Gasteiger partial charge in [0.1, 0.15) is 23.6 Å². The van der Waals surface area contributed by atoms with Gasteiger partial charge in [-0.1, -0.05) is 68.5 Å². The van der Waals surface area contributed by atoms with Crippen LogP contribution < -0.4 is 10.5 Å². The highest BCUT2D eigenvalue weighted by Crippen LogP contribution is 2.38. The minimum atomic E-state index is -1.16. The lowest BCUT2D eigenvalue weighted by atomic mass is 9.86. The van der Waals surface area contributed by atoms with Crippen LogP contribution in [-0.4, -0.2) is 48.9 Å². The number of nitrogen functional groups attached to an aromatic ring is 1. The van der Waals surface area contributed by atoms with Crippen molar-refractivity contribution in [3.05, 3.63) is 54.1 Å². The molecule has 4 rings (SSSR count). The molecule has 0 aromatic heterocycles. The minimum absolute atomic E-state index is 0. The number of rotatable bonds is 10. The van der Waals surface area contributed by atoms with Gasteiger partial charge in [0.2, 0.25) is 5.91 Å². The van der Waals surface area contributed by atoms with Gasteiger partial charge < -0.3 is 20.1 Å². The molecule has 0 unspecified atom stereocenters. The number of carbonyl (C=O) groups is 2. The van der Waals surface area contributed by atoms with E-state index in [0.29, 0.717) is 30.9 Å². The molecule has 1 saturated carbocycles. The fourth-order valence-corrected chi connectivity index (χ4v) is 5.78. The second-order valence-electron chi connectivity index (χ2n) is 10.7. The molecular weight excluding hydrogens is 502 g/mol. The van der Waals surface area contributed by atoms with E-state index in [1.54, 1.807) is 6.92 Å². The number of benzene rings is 2. The number of amides is 1. The molecule has 1 aliphatic carbocycles. The maximum absolute atomic E-state index is 13.3. The molecule has 2 fully saturated rings. The zero-order valence-electron chi connectivity index (χ0n) is 22.4. The average molecular weight is 542 g/mol. The molecule has 0 radical (unpaired) electrons. The van der Waals surface area contributed by atoms with Crippen molar-refractivity contribution < 1.29 is 19.1 Å². The fraction of sp³-hybridized carbons (Fsp3) is 0.500. The summed E-state index contributed by atoms with van der Waals surface area (Å²) in [6, 6.07) is 15.2. The molecule has 2 atom stereocenters. The Hall–Kier alpha value is -3.06. The van der Waals surface area contributed by atoms with E-state index in [4.69, 9.17) is 20.6 Å². The summed E-state index contributed by atoms with van der Waals surface area (Å²) in [7, 11) is 1.34. The van der Waals surface area contributed by atoms with Crippen molar-refractivity contribution in [2.24, 2.45) is 17.1 Å². The minimum Gasteiger partial charge on any atom is -0.491 e. The molecule has 2 aromatic carbocycles. The van der Waals surface area contributed by atoms with Gasteiger partial charge in [-0.25, -0.2) is 0 Å². The molecular formula is C30H40ClN3O4. The third kappa shape index (κ3) is 6.68. The maximum atomic E-state index is 13.3. The van der Waals surface area contributed by atoms with Gasteiger partial charge in [0, 0.05) is 12.1 Å². The van der Waals surface area contributed by atoms with Crippen molar-refractivity contribution in [2.75, 3.05) is 20.3 Å². The van der Waals surface area contributed by atoms with Crippen molar-refractivity contribution in [3.8, 4) is 16.9 Å². The highest BCUT2D eigenvalue weighted by atomic mass is 35.5. The predicted molar refractivity (Wildman–Crippen MR) is 152 cm³/mol. The summed E-state index contributed by atoms with van der Waals surface area (Å²) in [6.45, 7) is 2.67. The number of likely N-dealkylation sites (tertiary alicyclic amines) is 1. The van der Waals surface area contributed by atoms with E-state index in [1.165, 1.54) is 39.2 Å². The van der Waals surface area contributed by atoms with Crippen molar-refractivity contribution >= 4 is 30.1 Å². The van der Waals surface area contributed by atoms with Gasteiger partial charge in [0.05, 0.1) is 13.2 Å². The van der Waals surface area contributed by atoms with E-state index in [-0.39, 0.29) is 30.2 Å². The Morgan fingerprint density at radius 3 is 2.24 bits per heavy atom. The van der Waals surface area contributed by atoms with Gasteiger partial charge >= 0.3 is 5.97 Å². The summed E-state index contributed by atoms with van der Waals surface area (Å²) in [5.74, 6) is 0.890. The maximum Gasteiger partial charge on any atom is 0.321 e. The molecule has 0 spiro atoms. The summed E-state index contributed by atoms with van der Waals surface area (Å²) < 4.78 is 11.1. The molecule has 1 aliphatic heterocycles. The van der Waals surface area contributed by atoms with Gasteiger partial charge in [-0.3, -0.25) is 15.0 Å². The highest BCUT2D eigenvalue weighted by molar-refractivity contribution is 6.04. The topological polar surface area (TPSA) is 106 Å². The van der Waals surface area contributed by atoms with Crippen LogP contribution in [0.25, 0.3) is 11.1 Å². The Bertz CT molecular complexity index is 1100. The largest absolute Gasteiger partial charge is 0.491 e. The van der Waals surface area contributed by atoms with E-state index >= 15 is 0 Å². The summed E-state index contributed by atoms with van der Waals surface area (Å²) in [4.78, 5) is 27.7. The van der Waals surface area contributed by atoms with E-state index in [9.17, 15) is 9.59 Å². The molecule has 2 aliphatic rings. The number of esters is 1. The average Bonchev–Trinajstić information content (AvgIpc) is 3.18. The Kier molecular flexibility index (Phi) is 10.2. The lowest BCUT2D eigenvalue weighted by Crippen LogP contribution is -2.41. The van der Waals surface area contributed by atoms with Gasteiger partial charge in [0.15, 0.2) is 0 Å². The molecule has 1 heterocycles. The van der Waals surface area contributed by atoms with Crippen LogP contribution in [0.1, 0.15) is 63.9 Å². The van der Waals surface area contributed by atoms with Gasteiger partial charge in [-0.05, 0) is 55.4 Å². The zero-order valence-corrected chi connectivity index (χ0v) is 23.2. The van der Waals surface area contributed by atoms with Crippen molar-refractivity contribution in [1.29, 1.82) is 5.41 Å². The standard InChI is InChI=1S/C30H39N3O4.ClH/c1-30(29(35)36-2)19-25(33(28(30)34)18-6-9-21-7-4-3-5-8-21)20-37-26-16-14-23(15-17-26)22-10-12-24(13-11-22)27(31)32;/h10-17,21,25H,3-9,18-20H2,1-2H3,(H3,31,32);1H/t25-,30-;/m0./s1. The molecule has 2 aromatic rings. The first-order valence-corrected chi connectivity index (χ1v) is 13.4. The van der Waals surface area contributed by atoms with Crippen LogP contribution in [-0.2, 0) is 14.3 Å². The molecule has 206 valence electrons. The van der Waals surface area contributed by atoms with Gasteiger partial charge in [-0.2, -0.15) is 0 Å². The normalized spacial score (nSPS) is 21.6. The van der Waals surface area contributed by atoms with Crippen LogP contribution in [0.2, 0.25) is 0 Å². The number of nitrogens with two attached hydrogens (primary N) is 1. The molecule has 0 bridgehead atoms. The van der Waals surface area contributed by atoms with Crippen LogP contribution in [0.3, 0.4) is 0 Å². The fourth-order valence-electron chi connectivity index (χ4n) is 5.78. The second kappa shape index (κ2) is 13.1. The summed E-state index contributed by atoms with van der Waals surface area (Å²) >= 11 is 0. The molecule has 3 N–H and O–H groups in total. The van der Waals surface area contributed by atoms with Crippen molar-refractivity contribution in [2.45, 2.75) is 64.3 Å². The monoisotopic (exact) mass is 541 g/mol. The SMILES string of the molecule is COC(=O)[C@@]1(C)C[C@@H](COc2ccc(-c3ccc(C(=N)N)cc3)cc2)N(CCCC2CCCCC2)C1=O.Cl. The third-order valence-corrected chi connectivity index (χ3v) is 8.02. The van der Waals surface area contributed by atoms with Crippen molar-refractivity contribution in [3.63, 3.8) is 0 Å². The van der Waals surface area contributed by atoms with E-state index in [2.05, 4.69) is 0 Å². The lowest BCUT2D eigenvalue weighted by molar-refractivity contribution is -0.157. The van der Waals surface area contributed by atoms with Gasteiger partial charge in [-0.15, -0.1) is 12.4 Å². The number of carbonyl (C=O) groups excluding carboxylic acids is 2. The highest BCUT2D eigenvalue weighted by Gasteiger charge is 2.54. The third-order valence-electron chi connectivity index (χ3n) is 8.02. The summed E-state index contributed by atoms with van der Waals surface area (Å²) in [5, 5.41) is 7.54. The number of amidine groups is 1. The lowest BCUT2D eigenvalue weighted by Gasteiger charge is -2.27. The quantitative estimate of drug-likeness (QED) is 0.177. The molecule has 8 heteroatoms. The number of ether oxygens (including phenoxy) is 2. The van der Waals surface area contributed by atoms with E-state index in [0.717, 1.165) is 29.9 Å². The molecule has 1 amide bonds. The van der Waals surface area contributed by atoms with Crippen LogP contribution >= 0.6 is 12.4 Å². The summed E-state index contributed by atoms with van der Waals surface area (Å²) in [6.07, 6.45) is 9.00. The summed E-state index contributed by atoms with van der Waals surface area (Å²) in [5.41, 5.74) is 7.13. The number of methoxy groups -OCH3 is 1. The first kappa shape index (κ1) is 29.5. The van der Waals surface area contributed by atoms with Crippen LogP contribution in [0.4, 0.5) is 0 Å². The number of hydrogen-bond donors (Lipinski definition) is 2. The van der Waals surface area contributed by atoms with Crippen LogP contribution in [0.15, 0.2) is 48.5 Å². The van der Waals surface area contributed by atoms with Crippen LogP contribution in [0, 0.1) is 16.7 Å². The zero-order chi connectivity index (χ0) is 26.4. The number of hydrogen-bond acceptors (Lipinski definition) is 5. The Morgan fingerprint density at radius 2 is 1.66 bits per heavy atom. The number of nitrogens with zero attached hydrogens (tertiary/aromatic N) is 1. The van der Waals surface area contributed by atoms with Crippen molar-refractivity contribution in [1.82, 2.24) is 4.90 Å². The second-order valence-corrected chi connectivity index (χ2v) is 10.7. The Morgan fingerprint density at radius 1 is 1.05 bits per heavy atom. The number of nitrogens with one attached hydrogen (secondary N) is 1. The molecule has 38 heavy (non-hydrogen) atoms. The van der Waals surface area contributed by atoms with Gasteiger partial charge in [0.25, 0.3) is 0 Å².